The van der Waals surface area contributed by atoms with Crippen LogP contribution < -0.4 is 5.32 Å². The molecule has 0 spiro atoms. The molecular formula is C9H21NO. The Morgan fingerprint density at radius 1 is 1.18 bits per heavy atom. The van der Waals surface area contributed by atoms with E-state index < -0.39 is 0 Å². The first-order valence-electron chi connectivity index (χ1n) is 4.64. The lowest BCUT2D eigenvalue weighted by Crippen LogP contribution is -2.38. The van der Waals surface area contributed by atoms with E-state index in [0.717, 1.165) is 19.4 Å². The zero-order chi connectivity index (χ0) is 8.69. The molecule has 0 aliphatic carbocycles. The highest BCUT2D eigenvalue weighted by molar-refractivity contribution is 4.72. The van der Waals surface area contributed by atoms with Crippen molar-refractivity contribution in [2.24, 2.45) is 5.92 Å². The van der Waals surface area contributed by atoms with Gasteiger partial charge >= 0.3 is 0 Å². The Morgan fingerprint density at radius 3 is 2.00 bits per heavy atom. The first-order chi connectivity index (χ1) is 5.29. The third kappa shape index (κ3) is 3.73. The van der Waals surface area contributed by atoms with E-state index in [-0.39, 0.29) is 6.61 Å². The van der Waals surface area contributed by atoms with E-state index in [2.05, 4.69) is 26.1 Å². The molecule has 2 N–H and O–H groups in total. The van der Waals surface area contributed by atoms with E-state index in [9.17, 15) is 0 Å². The van der Waals surface area contributed by atoms with Gasteiger partial charge in [0, 0.05) is 6.04 Å². The second kappa shape index (κ2) is 6.62. The Hall–Kier alpha value is -0.0800. The largest absolute Gasteiger partial charge is 0.395 e. The van der Waals surface area contributed by atoms with Crippen molar-refractivity contribution in [2.45, 2.75) is 39.7 Å². The summed E-state index contributed by atoms with van der Waals surface area (Å²) < 4.78 is 0. The molecule has 0 bridgehead atoms. The van der Waals surface area contributed by atoms with E-state index in [1.54, 1.807) is 0 Å². The predicted octanol–water partition coefficient (Wildman–Crippen LogP) is 1.39. The first-order valence-corrected chi connectivity index (χ1v) is 4.64. The monoisotopic (exact) mass is 159 g/mol. The molecule has 68 valence electrons. The molecule has 0 radical (unpaired) electrons. The summed E-state index contributed by atoms with van der Waals surface area (Å²) in [6.07, 6.45) is 2.30. The van der Waals surface area contributed by atoms with E-state index >= 15 is 0 Å². The summed E-state index contributed by atoms with van der Waals surface area (Å²) in [6.45, 7) is 7.63. The van der Waals surface area contributed by atoms with Gasteiger partial charge in [-0.05, 0) is 12.5 Å². The fourth-order valence-electron chi connectivity index (χ4n) is 1.50. The number of aliphatic hydroxyl groups is 1. The summed E-state index contributed by atoms with van der Waals surface area (Å²) in [5.41, 5.74) is 0. The second-order valence-electron chi connectivity index (χ2n) is 2.92. The van der Waals surface area contributed by atoms with Gasteiger partial charge in [-0.2, -0.15) is 0 Å². The third-order valence-electron chi connectivity index (χ3n) is 2.28. The highest BCUT2D eigenvalue weighted by Gasteiger charge is 2.15. The predicted molar refractivity (Wildman–Crippen MR) is 48.6 cm³/mol. The Bertz CT molecular complexity index is 81.6. The van der Waals surface area contributed by atoms with Gasteiger partial charge < -0.3 is 10.4 Å². The molecule has 0 aliphatic rings. The van der Waals surface area contributed by atoms with Crippen molar-refractivity contribution in [1.29, 1.82) is 0 Å². The normalized spacial score (nSPS) is 13.9. The van der Waals surface area contributed by atoms with Crippen LogP contribution in [0.1, 0.15) is 33.6 Å². The maximum atomic E-state index is 9.03. The molecule has 1 atom stereocenters. The van der Waals surface area contributed by atoms with Gasteiger partial charge in [-0.25, -0.2) is 0 Å². The molecular weight excluding hydrogens is 138 g/mol. The lowest BCUT2D eigenvalue weighted by atomic mass is 9.95. The summed E-state index contributed by atoms with van der Waals surface area (Å²) in [6, 6.07) is 0.301. The van der Waals surface area contributed by atoms with Gasteiger partial charge in [0.05, 0.1) is 6.61 Å². The Morgan fingerprint density at radius 2 is 1.73 bits per heavy atom. The molecule has 0 aromatic rings. The lowest BCUT2D eigenvalue weighted by molar-refractivity contribution is 0.194. The van der Waals surface area contributed by atoms with Crippen LogP contribution in [0, 0.1) is 5.92 Å². The minimum absolute atomic E-state index is 0.264. The molecule has 2 heteroatoms. The van der Waals surface area contributed by atoms with Crippen LogP contribution in [0.15, 0.2) is 0 Å². The van der Waals surface area contributed by atoms with Gasteiger partial charge in [-0.1, -0.05) is 33.6 Å². The quantitative estimate of drug-likeness (QED) is 0.614. The minimum Gasteiger partial charge on any atom is -0.395 e. The van der Waals surface area contributed by atoms with Gasteiger partial charge in [0.1, 0.15) is 0 Å². The van der Waals surface area contributed by atoms with Gasteiger partial charge in [0.15, 0.2) is 0 Å². The average Bonchev–Trinajstić information content (AvgIpc) is 2.05. The zero-order valence-corrected chi connectivity index (χ0v) is 7.93. The summed E-state index contributed by atoms with van der Waals surface area (Å²) in [5, 5.41) is 12.3. The van der Waals surface area contributed by atoms with Gasteiger partial charge in [0.2, 0.25) is 0 Å². The van der Waals surface area contributed by atoms with E-state index in [1.807, 2.05) is 0 Å². The molecule has 1 unspecified atom stereocenters. The fourth-order valence-corrected chi connectivity index (χ4v) is 1.50. The van der Waals surface area contributed by atoms with Crippen molar-refractivity contribution in [3.8, 4) is 0 Å². The van der Waals surface area contributed by atoms with Crippen LogP contribution in [0.2, 0.25) is 0 Å². The first kappa shape index (κ1) is 10.9. The molecule has 11 heavy (non-hydrogen) atoms. The van der Waals surface area contributed by atoms with Crippen LogP contribution >= 0.6 is 0 Å². The molecule has 2 nitrogen and oxygen atoms in total. The van der Waals surface area contributed by atoms with Crippen molar-refractivity contribution in [1.82, 2.24) is 5.32 Å². The number of aliphatic hydroxyl groups excluding tert-OH is 1. The van der Waals surface area contributed by atoms with Crippen LogP contribution in [-0.4, -0.2) is 24.3 Å². The fraction of sp³-hybridized carbons (Fsp3) is 1.00. The number of hydrogen-bond acceptors (Lipinski definition) is 2. The van der Waals surface area contributed by atoms with E-state index in [4.69, 9.17) is 5.11 Å². The summed E-state index contributed by atoms with van der Waals surface area (Å²) >= 11 is 0. The molecule has 0 saturated carbocycles. The molecule has 0 aliphatic heterocycles. The number of hydrogen-bond donors (Lipinski definition) is 2. The maximum absolute atomic E-state index is 9.03. The van der Waals surface area contributed by atoms with Crippen molar-refractivity contribution in [2.75, 3.05) is 13.2 Å². The van der Waals surface area contributed by atoms with Crippen molar-refractivity contribution < 1.29 is 5.11 Å². The Balaban J connectivity index is 3.76. The molecule has 0 saturated heterocycles. The maximum Gasteiger partial charge on any atom is 0.0587 e. The summed E-state index contributed by atoms with van der Waals surface area (Å²) in [7, 11) is 0. The van der Waals surface area contributed by atoms with Crippen molar-refractivity contribution in [3.05, 3.63) is 0 Å². The highest BCUT2D eigenvalue weighted by atomic mass is 16.3. The standard InChI is InChI=1S/C9H21NO/c1-4-8(5-2)9(7-11)10-6-3/h8-11H,4-7H2,1-3H3. The van der Waals surface area contributed by atoms with Gasteiger partial charge in [-0.15, -0.1) is 0 Å². The molecule has 0 amide bonds. The van der Waals surface area contributed by atoms with Crippen molar-refractivity contribution in [3.63, 3.8) is 0 Å². The molecule has 0 heterocycles. The van der Waals surface area contributed by atoms with Crippen molar-refractivity contribution >= 4 is 0 Å². The summed E-state index contributed by atoms with van der Waals surface area (Å²) in [4.78, 5) is 0. The van der Waals surface area contributed by atoms with Crippen LogP contribution in [0.4, 0.5) is 0 Å². The lowest BCUT2D eigenvalue weighted by Gasteiger charge is -2.23. The van der Waals surface area contributed by atoms with Crippen LogP contribution in [-0.2, 0) is 0 Å². The van der Waals surface area contributed by atoms with Crippen LogP contribution in [0.5, 0.6) is 0 Å². The van der Waals surface area contributed by atoms with E-state index in [0.29, 0.717) is 12.0 Å². The minimum atomic E-state index is 0.264. The molecule has 0 fully saturated rings. The second-order valence-corrected chi connectivity index (χ2v) is 2.92. The number of likely N-dealkylation sites (N-methyl/N-ethyl adjacent to an activating group) is 1. The molecule has 0 aromatic carbocycles. The third-order valence-corrected chi connectivity index (χ3v) is 2.28. The Kier molecular flexibility index (Phi) is 6.57. The number of nitrogens with one attached hydrogen (secondary N) is 1. The zero-order valence-electron chi connectivity index (χ0n) is 7.93. The van der Waals surface area contributed by atoms with Gasteiger partial charge in [-0.3, -0.25) is 0 Å². The summed E-state index contributed by atoms with van der Waals surface area (Å²) in [5.74, 6) is 0.625. The smallest absolute Gasteiger partial charge is 0.0587 e. The van der Waals surface area contributed by atoms with Crippen LogP contribution in [0.3, 0.4) is 0 Å². The SMILES string of the molecule is CCNC(CO)C(CC)CC. The van der Waals surface area contributed by atoms with Crippen LogP contribution in [0.25, 0.3) is 0 Å². The Labute approximate surface area is 70.0 Å². The van der Waals surface area contributed by atoms with Gasteiger partial charge in [0.25, 0.3) is 0 Å². The average molecular weight is 159 g/mol. The topological polar surface area (TPSA) is 32.3 Å². The molecule has 0 rings (SSSR count). The van der Waals surface area contributed by atoms with E-state index in [1.165, 1.54) is 0 Å². The molecule has 0 aromatic heterocycles. The number of rotatable bonds is 6. The highest BCUT2D eigenvalue weighted by Crippen LogP contribution is 2.12.